The van der Waals surface area contributed by atoms with Crippen molar-refractivity contribution in [1.29, 1.82) is 0 Å². The number of hydrogen-bond donors (Lipinski definition) is 0. The van der Waals surface area contributed by atoms with Crippen LogP contribution in [-0.4, -0.2) is 22.6 Å². The lowest BCUT2D eigenvalue weighted by Crippen LogP contribution is -2.26. The molecule has 5 nitrogen and oxygen atoms in total. The van der Waals surface area contributed by atoms with Gasteiger partial charge in [0.1, 0.15) is 16.5 Å². The lowest BCUT2D eigenvalue weighted by atomic mass is 9.89. The van der Waals surface area contributed by atoms with Crippen molar-refractivity contribution in [3.8, 4) is 0 Å². The Morgan fingerprint density at radius 2 is 2.17 bits per heavy atom. The van der Waals surface area contributed by atoms with Gasteiger partial charge in [-0.15, -0.1) is 11.3 Å². The van der Waals surface area contributed by atoms with Crippen molar-refractivity contribution in [2.24, 2.45) is 5.92 Å². The van der Waals surface area contributed by atoms with Crippen molar-refractivity contribution in [2.75, 3.05) is 7.11 Å². The summed E-state index contributed by atoms with van der Waals surface area (Å²) in [6.45, 7) is 2.58. The summed E-state index contributed by atoms with van der Waals surface area (Å²) in [7, 11) is 1.35. The maximum absolute atomic E-state index is 14.3. The van der Waals surface area contributed by atoms with E-state index in [9.17, 15) is 14.0 Å². The minimum Gasteiger partial charge on any atom is -0.469 e. The second-order valence-corrected chi connectivity index (χ2v) is 9.05. The molecule has 1 atom stereocenters. The van der Waals surface area contributed by atoms with Gasteiger partial charge in [-0.2, -0.15) is 0 Å². The van der Waals surface area contributed by atoms with Crippen LogP contribution in [0, 0.1) is 11.7 Å². The van der Waals surface area contributed by atoms with E-state index in [2.05, 4.69) is 6.92 Å². The first-order chi connectivity index (χ1) is 14.5. The average molecular weight is 429 g/mol. The SMILES string of the molecule is COC(=O)CCCn1c(Cc2ccccc2F)nc2sc3c(c2c1=O)CCC(C)C3. The largest absolute Gasteiger partial charge is 0.469 e. The Morgan fingerprint density at radius 3 is 2.93 bits per heavy atom. The first-order valence-corrected chi connectivity index (χ1v) is 11.1. The van der Waals surface area contributed by atoms with E-state index in [1.165, 1.54) is 18.1 Å². The van der Waals surface area contributed by atoms with E-state index in [-0.39, 0.29) is 30.2 Å². The molecule has 2 aromatic heterocycles. The molecule has 3 aromatic rings. The number of fused-ring (bicyclic) bond motifs is 3. The molecule has 0 saturated heterocycles. The van der Waals surface area contributed by atoms with E-state index < -0.39 is 0 Å². The minimum atomic E-state index is -0.313. The van der Waals surface area contributed by atoms with E-state index in [0.717, 1.165) is 29.7 Å². The van der Waals surface area contributed by atoms with Gasteiger partial charge in [0, 0.05) is 24.3 Å². The highest BCUT2D eigenvalue weighted by molar-refractivity contribution is 7.18. The van der Waals surface area contributed by atoms with Crippen molar-refractivity contribution >= 4 is 27.5 Å². The van der Waals surface area contributed by atoms with Gasteiger partial charge in [-0.1, -0.05) is 25.1 Å². The van der Waals surface area contributed by atoms with Crippen molar-refractivity contribution in [1.82, 2.24) is 9.55 Å². The molecule has 4 rings (SSSR count). The molecule has 0 saturated carbocycles. The molecular formula is C23H25FN2O3S. The van der Waals surface area contributed by atoms with Crippen LogP contribution in [0.3, 0.4) is 0 Å². The summed E-state index contributed by atoms with van der Waals surface area (Å²) in [6.07, 6.45) is 3.85. The molecule has 0 N–H and O–H groups in total. The van der Waals surface area contributed by atoms with Crippen molar-refractivity contribution in [3.63, 3.8) is 0 Å². The Bertz CT molecular complexity index is 1150. The quantitative estimate of drug-likeness (QED) is 0.550. The summed E-state index contributed by atoms with van der Waals surface area (Å²) in [5, 5.41) is 0.706. The minimum absolute atomic E-state index is 0.0803. The van der Waals surface area contributed by atoms with Gasteiger partial charge in [-0.25, -0.2) is 9.37 Å². The van der Waals surface area contributed by atoms with Crippen LogP contribution in [-0.2, 0) is 35.3 Å². The van der Waals surface area contributed by atoms with Crippen LogP contribution in [0.5, 0.6) is 0 Å². The normalized spacial score (nSPS) is 15.9. The van der Waals surface area contributed by atoms with Gasteiger partial charge in [0.2, 0.25) is 0 Å². The number of nitrogens with zero attached hydrogens (tertiary/aromatic N) is 2. The zero-order valence-corrected chi connectivity index (χ0v) is 18.1. The van der Waals surface area contributed by atoms with Crippen LogP contribution in [0.15, 0.2) is 29.1 Å². The number of aryl methyl sites for hydroxylation is 1. The highest BCUT2D eigenvalue weighted by atomic mass is 32.1. The van der Waals surface area contributed by atoms with Crippen LogP contribution in [0.4, 0.5) is 4.39 Å². The topological polar surface area (TPSA) is 61.2 Å². The summed E-state index contributed by atoms with van der Waals surface area (Å²) in [5.41, 5.74) is 1.55. The Hall–Kier alpha value is -2.54. The third-order valence-electron chi connectivity index (χ3n) is 5.79. The van der Waals surface area contributed by atoms with E-state index in [1.807, 2.05) is 0 Å². The summed E-state index contributed by atoms with van der Waals surface area (Å²) < 4.78 is 20.6. The third-order valence-corrected chi connectivity index (χ3v) is 6.94. The number of benzene rings is 1. The van der Waals surface area contributed by atoms with Gasteiger partial charge < -0.3 is 4.74 Å². The van der Waals surface area contributed by atoms with Crippen LogP contribution in [0.25, 0.3) is 10.2 Å². The molecule has 158 valence electrons. The van der Waals surface area contributed by atoms with Gasteiger partial charge in [-0.05, 0) is 48.8 Å². The van der Waals surface area contributed by atoms with Gasteiger partial charge in [0.25, 0.3) is 5.56 Å². The number of carbonyl (C=O) groups excluding carboxylic acids is 1. The summed E-state index contributed by atoms with van der Waals surface area (Å²) >= 11 is 1.60. The number of halogens is 1. The fourth-order valence-corrected chi connectivity index (χ4v) is 5.52. The molecule has 30 heavy (non-hydrogen) atoms. The van der Waals surface area contributed by atoms with Gasteiger partial charge in [0.15, 0.2) is 0 Å². The highest BCUT2D eigenvalue weighted by Gasteiger charge is 2.25. The smallest absolute Gasteiger partial charge is 0.305 e. The molecule has 0 radical (unpaired) electrons. The zero-order chi connectivity index (χ0) is 21.3. The van der Waals surface area contributed by atoms with Crippen molar-refractivity contribution in [3.05, 3.63) is 62.3 Å². The number of rotatable bonds is 6. The summed E-state index contributed by atoms with van der Waals surface area (Å²) in [5.74, 6) is 0.515. The molecule has 1 aliphatic rings. The first kappa shape index (κ1) is 20.7. The molecule has 0 bridgehead atoms. The summed E-state index contributed by atoms with van der Waals surface area (Å²) in [4.78, 5) is 31.8. The number of carbonyl (C=O) groups is 1. The number of aromatic nitrogens is 2. The lowest BCUT2D eigenvalue weighted by Gasteiger charge is -2.18. The second kappa shape index (κ2) is 8.68. The predicted molar refractivity (Wildman–Crippen MR) is 116 cm³/mol. The number of thiophene rings is 1. The molecule has 0 fully saturated rings. The summed E-state index contributed by atoms with van der Waals surface area (Å²) in [6, 6.07) is 6.56. The zero-order valence-electron chi connectivity index (χ0n) is 17.2. The van der Waals surface area contributed by atoms with Gasteiger partial charge >= 0.3 is 5.97 Å². The Balaban J connectivity index is 1.79. The second-order valence-electron chi connectivity index (χ2n) is 7.96. The monoisotopic (exact) mass is 428 g/mol. The number of methoxy groups -OCH3 is 1. The van der Waals surface area contributed by atoms with E-state index in [1.54, 1.807) is 34.1 Å². The van der Waals surface area contributed by atoms with Crippen LogP contribution in [0.1, 0.15) is 48.0 Å². The molecule has 1 aromatic carbocycles. The Labute approximate surface area is 178 Å². The first-order valence-electron chi connectivity index (χ1n) is 10.3. The number of esters is 1. The highest BCUT2D eigenvalue weighted by Crippen LogP contribution is 2.36. The molecule has 2 heterocycles. The molecule has 7 heteroatoms. The van der Waals surface area contributed by atoms with Gasteiger partial charge in [0.05, 0.1) is 12.5 Å². The van der Waals surface area contributed by atoms with Crippen LogP contribution in [0.2, 0.25) is 0 Å². The number of hydrogen-bond acceptors (Lipinski definition) is 5. The van der Waals surface area contributed by atoms with E-state index in [4.69, 9.17) is 9.72 Å². The predicted octanol–water partition coefficient (Wildman–Crippen LogP) is 4.27. The third kappa shape index (κ3) is 4.03. The standard InChI is InChI=1S/C23H25FN2O3S/c1-14-9-10-16-18(12-14)30-22-21(16)23(28)26(11-5-8-20(27)29-2)19(25-22)13-15-6-3-4-7-17(15)24/h3-4,6-7,14H,5,8-13H2,1-2H3. The molecule has 1 aliphatic carbocycles. The average Bonchev–Trinajstić information content (AvgIpc) is 3.09. The van der Waals surface area contributed by atoms with E-state index in [0.29, 0.717) is 35.7 Å². The fraction of sp³-hybridized carbons (Fsp3) is 0.435. The lowest BCUT2D eigenvalue weighted by molar-refractivity contribution is -0.140. The maximum atomic E-state index is 14.3. The maximum Gasteiger partial charge on any atom is 0.305 e. The Kier molecular flexibility index (Phi) is 5.99. The van der Waals surface area contributed by atoms with Crippen LogP contribution >= 0.6 is 11.3 Å². The van der Waals surface area contributed by atoms with Crippen LogP contribution < -0.4 is 5.56 Å². The molecule has 0 aliphatic heterocycles. The van der Waals surface area contributed by atoms with Crippen molar-refractivity contribution in [2.45, 2.75) is 52.0 Å². The molecular weight excluding hydrogens is 403 g/mol. The van der Waals surface area contributed by atoms with E-state index >= 15 is 0 Å². The number of ether oxygens (including phenoxy) is 1. The van der Waals surface area contributed by atoms with Crippen molar-refractivity contribution < 1.29 is 13.9 Å². The fourth-order valence-electron chi connectivity index (χ4n) is 4.13. The molecule has 0 spiro atoms. The Morgan fingerprint density at radius 1 is 1.37 bits per heavy atom. The molecule has 0 amide bonds. The molecule has 1 unspecified atom stereocenters. The van der Waals surface area contributed by atoms with Gasteiger partial charge in [-0.3, -0.25) is 14.2 Å².